The third-order valence-electron chi connectivity index (χ3n) is 2.79. The van der Waals surface area contributed by atoms with Gasteiger partial charge in [0, 0.05) is 29.7 Å². The molecule has 1 aromatic rings. The van der Waals surface area contributed by atoms with E-state index in [-0.39, 0.29) is 18.6 Å². The van der Waals surface area contributed by atoms with Crippen LogP contribution in [0.4, 0.5) is 0 Å². The van der Waals surface area contributed by atoms with Crippen LogP contribution in [0.3, 0.4) is 0 Å². The van der Waals surface area contributed by atoms with Crippen LogP contribution < -0.4 is 0 Å². The van der Waals surface area contributed by atoms with Gasteiger partial charge in [0.25, 0.3) is 5.91 Å². The summed E-state index contributed by atoms with van der Waals surface area (Å²) in [7, 11) is 0. The topological polar surface area (TPSA) is 40.5 Å². The van der Waals surface area contributed by atoms with Gasteiger partial charge in [0.2, 0.25) is 0 Å². The second kappa shape index (κ2) is 6.28. The van der Waals surface area contributed by atoms with E-state index in [4.69, 9.17) is 5.11 Å². The van der Waals surface area contributed by atoms with Crippen molar-refractivity contribution in [3.63, 3.8) is 0 Å². The smallest absolute Gasteiger partial charge is 0.265 e. The van der Waals surface area contributed by atoms with E-state index in [9.17, 15) is 4.79 Å². The van der Waals surface area contributed by atoms with Crippen LogP contribution in [0, 0.1) is 11.8 Å². The Morgan fingerprint density at radius 1 is 1.67 bits per heavy atom. The zero-order valence-corrected chi connectivity index (χ0v) is 11.8. The predicted molar refractivity (Wildman–Crippen MR) is 76.1 cm³/mol. The summed E-state index contributed by atoms with van der Waals surface area (Å²) in [6, 6.07) is 2.11. The number of aliphatic hydroxyl groups excluding tert-OH is 1. The molecule has 0 bridgehead atoms. The third kappa shape index (κ3) is 2.89. The molecule has 5 heteroatoms. The molecule has 0 aliphatic carbocycles. The summed E-state index contributed by atoms with van der Waals surface area (Å²) in [6.07, 6.45) is 0. The molecule has 2 heterocycles. The van der Waals surface area contributed by atoms with E-state index in [0.717, 1.165) is 23.6 Å². The standard InChI is InChI=1S/C13H15NO2S2/c1-10-9-17-8-5-14(10)13(16)12-11(3-2-6-15)4-7-18-12/h4,7,10,15H,5-6,8-9H2,1H3. The monoisotopic (exact) mass is 281 g/mol. The van der Waals surface area contributed by atoms with Crippen LogP contribution in [0.1, 0.15) is 22.2 Å². The summed E-state index contributed by atoms with van der Waals surface area (Å²) in [4.78, 5) is 15.1. The Labute approximate surface area is 115 Å². The van der Waals surface area contributed by atoms with Crippen molar-refractivity contribution < 1.29 is 9.90 Å². The number of carbonyl (C=O) groups is 1. The van der Waals surface area contributed by atoms with Gasteiger partial charge in [-0.15, -0.1) is 11.3 Å². The van der Waals surface area contributed by atoms with Gasteiger partial charge in [-0.3, -0.25) is 4.79 Å². The van der Waals surface area contributed by atoms with Crippen LogP contribution in [0.5, 0.6) is 0 Å². The molecule has 1 saturated heterocycles. The van der Waals surface area contributed by atoms with Gasteiger partial charge in [-0.05, 0) is 18.4 Å². The number of aliphatic hydroxyl groups is 1. The maximum absolute atomic E-state index is 12.5. The second-order valence-electron chi connectivity index (χ2n) is 4.05. The molecule has 0 spiro atoms. The molecule has 0 saturated carbocycles. The molecular formula is C13H15NO2S2. The van der Waals surface area contributed by atoms with Crippen molar-refractivity contribution >= 4 is 29.0 Å². The zero-order valence-electron chi connectivity index (χ0n) is 10.2. The fourth-order valence-corrected chi connectivity index (χ4v) is 3.69. The lowest BCUT2D eigenvalue weighted by Crippen LogP contribution is -2.44. The summed E-state index contributed by atoms with van der Waals surface area (Å²) in [5, 5.41) is 10.6. The Kier molecular flexibility index (Phi) is 4.70. The lowest BCUT2D eigenvalue weighted by molar-refractivity contribution is 0.0721. The van der Waals surface area contributed by atoms with E-state index < -0.39 is 0 Å². The summed E-state index contributed by atoms with van der Waals surface area (Å²) in [6.45, 7) is 2.70. The molecule has 0 radical (unpaired) electrons. The van der Waals surface area contributed by atoms with Crippen LogP contribution in [0.2, 0.25) is 0 Å². The molecule has 1 aliphatic rings. The molecule has 0 aromatic carbocycles. The SMILES string of the molecule is CC1CSCCN1C(=O)c1sccc1C#CCO. The van der Waals surface area contributed by atoms with Crippen molar-refractivity contribution in [1.29, 1.82) is 0 Å². The summed E-state index contributed by atoms with van der Waals surface area (Å²) < 4.78 is 0. The molecule has 1 unspecified atom stereocenters. The highest BCUT2D eigenvalue weighted by atomic mass is 32.2. The van der Waals surface area contributed by atoms with Crippen molar-refractivity contribution in [3.8, 4) is 11.8 Å². The molecule has 18 heavy (non-hydrogen) atoms. The molecule has 1 aliphatic heterocycles. The number of hydrogen-bond donors (Lipinski definition) is 1. The summed E-state index contributed by atoms with van der Waals surface area (Å²) in [5.74, 6) is 7.50. The van der Waals surface area contributed by atoms with Crippen LogP contribution in [0.25, 0.3) is 0 Å². The Hall–Kier alpha value is -0.960. The fourth-order valence-electron chi connectivity index (χ4n) is 1.87. The van der Waals surface area contributed by atoms with Crippen molar-refractivity contribution in [1.82, 2.24) is 4.90 Å². The van der Waals surface area contributed by atoms with E-state index in [2.05, 4.69) is 18.8 Å². The van der Waals surface area contributed by atoms with Crippen LogP contribution in [-0.2, 0) is 0 Å². The summed E-state index contributed by atoms with van der Waals surface area (Å²) in [5.41, 5.74) is 0.726. The van der Waals surface area contributed by atoms with E-state index in [1.807, 2.05) is 28.1 Å². The van der Waals surface area contributed by atoms with Gasteiger partial charge in [0.05, 0.1) is 0 Å². The lowest BCUT2D eigenvalue weighted by atomic mass is 10.2. The zero-order chi connectivity index (χ0) is 13.0. The van der Waals surface area contributed by atoms with Crippen LogP contribution >= 0.6 is 23.1 Å². The summed E-state index contributed by atoms with van der Waals surface area (Å²) >= 11 is 3.31. The van der Waals surface area contributed by atoms with Gasteiger partial charge in [0.15, 0.2) is 0 Å². The minimum absolute atomic E-state index is 0.0695. The van der Waals surface area contributed by atoms with E-state index >= 15 is 0 Å². The van der Waals surface area contributed by atoms with Gasteiger partial charge in [-0.1, -0.05) is 11.8 Å². The number of thioether (sulfide) groups is 1. The van der Waals surface area contributed by atoms with E-state index in [0.29, 0.717) is 4.88 Å². The number of hydrogen-bond acceptors (Lipinski definition) is 4. The highest BCUT2D eigenvalue weighted by Gasteiger charge is 2.26. The predicted octanol–water partition coefficient (Wildman–Crippen LogP) is 1.67. The first-order valence-corrected chi connectivity index (χ1v) is 7.83. The normalized spacial score (nSPS) is 19.2. The molecule has 1 fully saturated rings. The number of amides is 1. The van der Waals surface area contributed by atoms with Crippen molar-refractivity contribution in [2.75, 3.05) is 24.7 Å². The number of thiophene rings is 1. The molecule has 2 rings (SSSR count). The fraction of sp³-hybridized carbons (Fsp3) is 0.462. The molecule has 1 atom stereocenters. The largest absolute Gasteiger partial charge is 0.384 e. The first kappa shape index (κ1) is 13.5. The molecule has 3 nitrogen and oxygen atoms in total. The lowest BCUT2D eigenvalue weighted by Gasteiger charge is -2.32. The quantitative estimate of drug-likeness (QED) is 0.796. The molecule has 1 amide bonds. The van der Waals surface area contributed by atoms with Gasteiger partial charge < -0.3 is 10.0 Å². The van der Waals surface area contributed by atoms with Gasteiger partial charge >= 0.3 is 0 Å². The Bertz CT molecular complexity index is 487. The number of carbonyl (C=O) groups excluding carboxylic acids is 1. The van der Waals surface area contributed by atoms with Gasteiger partial charge in [-0.2, -0.15) is 11.8 Å². The average Bonchev–Trinajstić information content (AvgIpc) is 2.84. The Morgan fingerprint density at radius 2 is 2.50 bits per heavy atom. The maximum atomic E-state index is 12.5. The Morgan fingerprint density at radius 3 is 3.22 bits per heavy atom. The van der Waals surface area contributed by atoms with E-state index in [1.54, 1.807) is 0 Å². The average molecular weight is 281 g/mol. The maximum Gasteiger partial charge on any atom is 0.265 e. The highest BCUT2D eigenvalue weighted by Crippen LogP contribution is 2.23. The number of rotatable bonds is 1. The molecule has 96 valence electrons. The van der Waals surface area contributed by atoms with Crippen molar-refractivity contribution in [3.05, 3.63) is 21.9 Å². The minimum Gasteiger partial charge on any atom is -0.384 e. The van der Waals surface area contributed by atoms with Crippen molar-refractivity contribution in [2.24, 2.45) is 0 Å². The van der Waals surface area contributed by atoms with Gasteiger partial charge in [0.1, 0.15) is 11.5 Å². The molecular weight excluding hydrogens is 266 g/mol. The first-order chi connectivity index (χ1) is 8.74. The van der Waals surface area contributed by atoms with Crippen LogP contribution in [-0.4, -0.2) is 46.6 Å². The minimum atomic E-state index is -0.180. The molecule has 1 aromatic heterocycles. The first-order valence-electron chi connectivity index (χ1n) is 5.80. The highest BCUT2D eigenvalue weighted by molar-refractivity contribution is 7.99. The van der Waals surface area contributed by atoms with E-state index in [1.165, 1.54) is 11.3 Å². The molecule has 1 N–H and O–H groups in total. The van der Waals surface area contributed by atoms with Crippen molar-refractivity contribution in [2.45, 2.75) is 13.0 Å². The van der Waals surface area contributed by atoms with Gasteiger partial charge in [-0.25, -0.2) is 0 Å². The second-order valence-corrected chi connectivity index (χ2v) is 6.11. The van der Waals surface area contributed by atoms with Crippen LogP contribution in [0.15, 0.2) is 11.4 Å². The number of nitrogens with zero attached hydrogens (tertiary/aromatic N) is 1. The third-order valence-corrected chi connectivity index (χ3v) is 4.88. The Balaban J connectivity index is 2.20.